The Bertz CT molecular complexity index is 1140. The number of nitrogens with zero attached hydrogens (tertiary/aromatic N) is 3. The number of hydrogen-bond acceptors (Lipinski definition) is 6. The van der Waals surface area contributed by atoms with E-state index in [1.165, 1.54) is 10.7 Å². The van der Waals surface area contributed by atoms with Crippen LogP contribution in [0.15, 0.2) is 24.3 Å². The summed E-state index contributed by atoms with van der Waals surface area (Å²) in [4.78, 5) is 41.0. The Hall–Kier alpha value is -3.56. The van der Waals surface area contributed by atoms with Gasteiger partial charge in [-0.15, -0.1) is 0 Å². The quantitative estimate of drug-likeness (QED) is 0.550. The zero-order chi connectivity index (χ0) is 25.9. The van der Waals surface area contributed by atoms with Crippen molar-refractivity contribution in [3.8, 4) is 11.5 Å². The summed E-state index contributed by atoms with van der Waals surface area (Å²) in [5.74, 6) is 0.326. The highest BCUT2D eigenvalue weighted by Gasteiger charge is 2.48. The summed E-state index contributed by atoms with van der Waals surface area (Å²) in [7, 11) is 1.56. The van der Waals surface area contributed by atoms with E-state index in [9.17, 15) is 14.4 Å². The summed E-state index contributed by atoms with van der Waals surface area (Å²) in [6.45, 7) is 6.84. The van der Waals surface area contributed by atoms with Gasteiger partial charge < -0.3 is 25.0 Å². The number of methoxy groups -OCH3 is 1. The second-order valence-corrected chi connectivity index (χ2v) is 9.45. The Morgan fingerprint density at radius 1 is 1.17 bits per heavy atom. The molecule has 4 rings (SSSR count). The van der Waals surface area contributed by atoms with Crippen molar-refractivity contribution in [2.75, 3.05) is 20.3 Å². The molecule has 2 N–H and O–H groups in total. The number of likely N-dealkylation sites (N-methyl/N-ethyl adjacent to an activating group) is 1. The van der Waals surface area contributed by atoms with Crippen LogP contribution in [-0.4, -0.2) is 64.2 Å². The zero-order valence-electron chi connectivity index (χ0n) is 21.4. The van der Waals surface area contributed by atoms with Crippen molar-refractivity contribution in [1.29, 1.82) is 0 Å². The third kappa shape index (κ3) is 4.89. The molecule has 36 heavy (non-hydrogen) atoms. The lowest BCUT2D eigenvalue weighted by Crippen LogP contribution is -2.64. The highest BCUT2D eigenvalue weighted by Crippen LogP contribution is 2.29. The standard InChI is InChI=1S/C26H35N5O5/c1-5-30-24(33)20-14-19(23(32)27-15-17-11-12-21(36-6-2)22(13-17)35-4)29-31(20)16-26(30,3)25(34)28-18-9-7-8-10-18/h11-14,18H,5-10,15-16H2,1-4H3,(H,27,32)(H,28,34). The third-order valence-electron chi connectivity index (χ3n) is 7.01. The highest BCUT2D eigenvalue weighted by molar-refractivity contribution is 6.01. The molecular formula is C26H35N5O5. The number of nitrogens with one attached hydrogen (secondary N) is 2. The molecule has 0 bridgehead atoms. The lowest BCUT2D eigenvalue weighted by Gasteiger charge is -2.43. The van der Waals surface area contributed by atoms with Crippen molar-refractivity contribution in [2.45, 2.75) is 71.1 Å². The van der Waals surface area contributed by atoms with Crippen LogP contribution in [0, 0.1) is 0 Å². The molecule has 0 radical (unpaired) electrons. The van der Waals surface area contributed by atoms with Gasteiger partial charge in [-0.05, 0) is 51.3 Å². The van der Waals surface area contributed by atoms with Crippen LogP contribution in [0.5, 0.6) is 11.5 Å². The number of aromatic nitrogens is 2. The molecule has 1 unspecified atom stereocenters. The SMILES string of the molecule is CCOc1ccc(CNC(=O)c2cc3n(n2)CC(C)(C(=O)NC2CCCC2)N(CC)C3=O)cc1OC. The van der Waals surface area contributed by atoms with Crippen LogP contribution in [0.3, 0.4) is 0 Å². The van der Waals surface area contributed by atoms with Gasteiger partial charge in [0, 0.05) is 25.2 Å². The summed E-state index contributed by atoms with van der Waals surface area (Å²) < 4.78 is 12.4. The number of amides is 3. The molecule has 0 spiro atoms. The van der Waals surface area contributed by atoms with E-state index in [0.29, 0.717) is 30.3 Å². The van der Waals surface area contributed by atoms with E-state index in [2.05, 4.69) is 15.7 Å². The Labute approximate surface area is 211 Å². The van der Waals surface area contributed by atoms with Crippen LogP contribution < -0.4 is 20.1 Å². The third-order valence-corrected chi connectivity index (χ3v) is 7.01. The fourth-order valence-electron chi connectivity index (χ4n) is 5.03. The second-order valence-electron chi connectivity index (χ2n) is 9.45. The first-order valence-corrected chi connectivity index (χ1v) is 12.6. The normalized spacial score (nSPS) is 19.7. The minimum absolute atomic E-state index is 0.132. The molecule has 0 saturated heterocycles. The van der Waals surface area contributed by atoms with Crippen molar-refractivity contribution >= 4 is 17.7 Å². The van der Waals surface area contributed by atoms with Gasteiger partial charge in [0.25, 0.3) is 11.8 Å². The maximum Gasteiger partial charge on any atom is 0.273 e. The molecule has 10 nitrogen and oxygen atoms in total. The summed E-state index contributed by atoms with van der Waals surface area (Å²) in [5, 5.41) is 10.4. The van der Waals surface area contributed by atoms with Crippen molar-refractivity contribution in [2.24, 2.45) is 0 Å². The van der Waals surface area contributed by atoms with Crippen molar-refractivity contribution in [3.63, 3.8) is 0 Å². The van der Waals surface area contributed by atoms with E-state index in [-0.39, 0.29) is 36.6 Å². The number of fused-ring (bicyclic) bond motifs is 1. The van der Waals surface area contributed by atoms with Crippen molar-refractivity contribution in [1.82, 2.24) is 25.3 Å². The lowest BCUT2D eigenvalue weighted by molar-refractivity contribution is -0.133. The predicted molar refractivity (Wildman–Crippen MR) is 133 cm³/mol. The molecule has 1 aromatic heterocycles. The lowest BCUT2D eigenvalue weighted by atomic mass is 9.94. The van der Waals surface area contributed by atoms with Gasteiger partial charge in [-0.1, -0.05) is 18.9 Å². The molecule has 2 heterocycles. The van der Waals surface area contributed by atoms with E-state index in [1.807, 2.05) is 19.9 Å². The second kappa shape index (κ2) is 10.6. The predicted octanol–water partition coefficient (Wildman–Crippen LogP) is 2.51. The summed E-state index contributed by atoms with van der Waals surface area (Å²) in [6, 6.07) is 7.09. The van der Waals surface area contributed by atoms with Crippen molar-refractivity contribution in [3.05, 3.63) is 41.2 Å². The largest absolute Gasteiger partial charge is 0.493 e. The molecule has 1 saturated carbocycles. The maximum absolute atomic E-state index is 13.3. The van der Waals surface area contributed by atoms with Gasteiger partial charge in [-0.3, -0.25) is 19.1 Å². The molecule has 1 aliphatic heterocycles. The zero-order valence-corrected chi connectivity index (χ0v) is 21.4. The van der Waals surface area contributed by atoms with E-state index >= 15 is 0 Å². The topological polar surface area (TPSA) is 115 Å². The molecule has 3 amide bonds. The average molecular weight is 498 g/mol. The molecule has 1 fully saturated rings. The van der Waals surface area contributed by atoms with Gasteiger partial charge in [0.05, 0.1) is 20.3 Å². The van der Waals surface area contributed by atoms with Crippen LogP contribution >= 0.6 is 0 Å². The van der Waals surface area contributed by atoms with Crippen molar-refractivity contribution < 1.29 is 23.9 Å². The molecule has 1 atom stereocenters. The molecular weight excluding hydrogens is 462 g/mol. The number of hydrogen-bond donors (Lipinski definition) is 2. The summed E-state index contributed by atoms with van der Waals surface area (Å²) >= 11 is 0. The molecule has 194 valence electrons. The molecule has 1 aromatic carbocycles. The first-order chi connectivity index (χ1) is 17.3. The number of carbonyl (C=O) groups excluding carboxylic acids is 3. The van der Waals surface area contributed by atoms with Gasteiger partial charge in [0.1, 0.15) is 11.2 Å². The smallest absolute Gasteiger partial charge is 0.273 e. The number of rotatable bonds is 9. The van der Waals surface area contributed by atoms with Gasteiger partial charge in [0.15, 0.2) is 17.2 Å². The van der Waals surface area contributed by atoms with E-state index in [4.69, 9.17) is 9.47 Å². The first kappa shape index (κ1) is 25.5. The van der Waals surface area contributed by atoms with Crippen LogP contribution in [0.4, 0.5) is 0 Å². The summed E-state index contributed by atoms with van der Waals surface area (Å²) in [5.41, 5.74) is 0.181. The summed E-state index contributed by atoms with van der Waals surface area (Å²) in [6.07, 6.45) is 4.12. The number of ether oxygens (including phenoxy) is 2. The van der Waals surface area contributed by atoms with Gasteiger partial charge in [-0.25, -0.2) is 0 Å². The van der Waals surface area contributed by atoms with Crippen LogP contribution in [-0.2, 0) is 17.9 Å². The Morgan fingerprint density at radius 2 is 1.92 bits per heavy atom. The minimum Gasteiger partial charge on any atom is -0.493 e. The molecule has 2 aliphatic rings. The van der Waals surface area contributed by atoms with E-state index < -0.39 is 11.4 Å². The molecule has 1 aliphatic carbocycles. The van der Waals surface area contributed by atoms with Crippen LogP contribution in [0.2, 0.25) is 0 Å². The monoisotopic (exact) mass is 497 g/mol. The van der Waals surface area contributed by atoms with Gasteiger partial charge in [-0.2, -0.15) is 5.10 Å². The fourth-order valence-corrected chi connectivity index (χ4v) is 5.03. The fraction of sp³-hybridized carbons (Fsp3) is 0.538. The minimum atomic E-state index is -1.08. The first-order valence-electron chi connectivity index (χ1n) is 12.6. The van der Waals surface area contributed by atoms with Gasteiger partial charge in [0.2, 0.25) is 5.91 Å². The molecule has 2 aromatic rings. The number of carbonyl (C=O) groups is 3. The van der Waals surface area contributed by atoms with Crippen LogP contribution in [0.25, 0.3) is 0 Å². The Morgan fingerprint density at radius 3 is 2.58 bits per heavy atom. The Kier molecular flexibility index (Phi) is 7.51. The van der Waals surface area contributed by atoms with Gasteiger partial charge >= 0.3 is 0 Å². The average Bonchev–Trinajstić information content (AvgIpc) is 3.53. The van der Waals surface area contributed by atoms with E-state index in [0.717, 1.165) is 31.2 Å². The van der Waals surface area contributed by atoms with Crippen LogP contribution in [0.1, 0.15) is 73.0 Å². The van der Waals surface area contributed by atoms with E-state index in [1.54, 1.807) is 31.1 Å². The Balaban J connectivity index is 1.48. The maximum atomic E-state index is 13.3. The highest BCUT2D eigenvalue weighted by atomic mass is 16.5. The number of benzene rings is 1. The molecule has 10 heteroatoms.